The van der Waals surface area contributed by atoms with Gasteiger partial charge >= 0.3 is 11.9 Å². The maximum Gasteiger partial charge on any atom is 0.326 e. The van der Waals surface area contributed by atoms with Gasteiger partial charge in [-0.15, -0.1) is 0 Å². The monoisotopic (exact) mass is 539 g/mol. The Labute approximate surface area is 219 Å². The maximum atomic E-state index is 13.0. The van der Waals surface area contributed by atoms with Gasteiger partial charge in [-0.3, -0.25) is 19.2 Å². The van der Waals surface area contributed by atoms with Gasteiger partial charge in [-0.2, -0.15) is 0 Å². The highest BCUT2D eigenvalue weighted by atomic mass is 16.4. The molecule has 1 aromatic rings. The van der Waals surface area contributed by atoms with Crippen LogP contribution < -0.4 is 27.4 Å². The topological polar surface area (TPSA) is 254 Å². The number of carbonyl (C=O) groups is 5. The molecule has 0 aliphatic rings. The second kappa shape index (κ2) is 16.2. The Morgan fingerprint density at radius 2 is 1.47 bits per heavy atom. The molecule has 0 radical (unpaired) electrons. The van der Waals surface area contributed by atoms with Crippen molar-refractivity contribution in [3.8, 4) is 5.75 Å². The van der Waals surface area contributed by atoms with E-state index in [0.29, 0.717) is 24.9 Å². The molecule has 0 spiro atoms. The SMILES string of the molecule is CC(O)C(NC(=O)C(N)Cc1ccc(O)cc1)C(=O)NC(CCCCN)C(=O)NC(CCC(=O)O)C(=O)O. The minimum Gasteiger partial charge on any atom is -0.508 e. The van der Waals surface area contributed by atoms with E-state index >= 15 is 0 Å². The number of hydrogen-bond donors (Lipinski definition) is 9. The summed E-state index contributed by atoms with van der Waals surface area (Å²) in [5.41, 5.74) is 12.1. The van der Waals surface area contributed by atoms with Gasteiger partial charge in [0.1, 0.15) is 23.9 Å². The van der Waals surface area contributed by atoms with E-state index in [1.54, 1.807) is 12.1 Å². The first kappa shape index (κ1) is 32.3. The van der Waals surface area contributed by atoms with E-state index in [1.807, 2.05) is 0 Å². The molecule has 0 heterocycles. The molecular weight excluding hydrogens is 502 g/mol. The van der Waals surface area contributed by atoms with Crippen LogP contribution in [0.25, 0.3) is 0 Å². The van der Waals surface area contributed by atoms with Crippen LogP contribution in [0, 0.1) is 0 Å². The molecule has 0 aliphatic carbocycles. The average Bonchev–Trinajstić information content (AvgIpc) is 2.84. The number of phenols is 1. The fraction of sp³-hybridized carbons (Fsp3) is 0.542. The van der Waals surface area contributed by atoms with E-state index in [4.69, 9.17) is 16.6 Å². The van der Waals surface area contributed by atoms with E-state index in [9.17, 15) is 39.3 Å². The molecule has 14 nitrogen and oxygen atoms in total. The largest absolute Gasteiger partial charge is 0.508 e. The van der Waals surface area contributed by atoms with Gasteiger partial charge in [0.25, 0.3) is 0 Å². The second-order valence-corrected chi connectivity index (χ2v) is 8.88. The summed E-state index contributed by atoms with van der Waals surface area (Å²) in [5, 5.41) is 44.7. The summed E-state index contributed by atoms with van der Waals surface area (Å²) in [5.74, 6) is -5.16. The number of aromatic hydroxyl groups is 1. The number of nitrogens with one attached hydrogen (secondary N) is 3. The normalized spacial score (nSPS) is 14.8. The smallest absolute Gasteiger partial charge is 0.326 e. The minimum atomic E-state index is -1.50. The van der Waals surface area contributed by atoms with Gasteiger partial charge in [0.15, 0.2) is 0 Å². The average molecular weight is 540 g/mol. The van der Waals surface area contributed by atoms with Gasteiger partial charge in [0, 0.05) is 6.42 Å². The van der Waals surface area contributed by atoms with E-state index in [2.05, 4.69) is 16.0 Å². The Hall–Kier alpha value is -3.75. The van der Waals surface area contributed by atoms with Gasteiger partial charge < -0.3 is 47.8 Å². The lowest BCUT2D eigenvalue weighted by atomic mass is 10.0. The molecule has 38 heavy (non-hydrogen) atoms. The molecule has 14 heteroatoms. The van der Waals surface area contributed by atoms with Crippen molar-refractivity contribution in [2.45, 2.75) is 75.7 Å². The van der Waals surface area contributed by atoms with Crippen LogP contribution in [0.3, 0.4) is 0 Å². The van der Waals surface area contributed by atoms with Crippen molar-refractivity contribution >= 4 is 29.7 Å². The van der Waals surface area contributed by atoms with E-state index in [-0.39, 0.29) is 25.0 Å². The van der Waals surface area contributed by atoms with Crippen molar-refractivity contribution < 1.29 is 44.4 Å². The molecule has 0 aromatic heterocycles. The van der Waals surface area contributed by atoms with Crippen LogP contribution in [-0.2, 0) is 30.4 Å². The van der Waals surface area contributed by atoms with Crippen LogP contribution in [0.4, 0.5) is 0 Å². The molecule has 0 saturated carbocycles. The zero-order valence-corrected chi connectivity index (χ0v) is 21.1. The number of carbonyl (C=O) groups excluding carboxylic acids is 3. The summed E-state index contributed by atoms with van der Waals surface area (Å²) >= 11 is 0. The Bertz CT molecular complexity index is 955. The number of rotatable bonds is 17. The summed E-state index contributed by atoms with van der Waals surface area (Å²) < 4.78 is 0. The highest BCUT2D eigenvalue weighted by Gasteiger charge is 2.32. The molecule has 212 valence electrons. The number of phenolic OH excluding ortho intramolecular Hbond substituents is 1. The number of amides is 3. The molecule has 0 fully saturated rings. The predicted molar refractivity (Wildman–Crippen MR) is 135 cm³/mol. The van der Waals surface area contributed by atoms with Gasteiger partial charge in [-0.05, 0) is 63.3 Å². The first-order chi connectivity index (χ1) is 17.8. The Morgan fingerprint density at radius 3 is 2.00 bits per heavy atom. The zero-order valence-electron chi connectivity index (χ0n) is 21.1. The highest BCUT2D eigenvalue weighted by Crippen LogP contribution is 2.11. The summed E-state index contributed by atoms with van der Waals surface area (Å²) in [6, 6.07) is 0.682. The molecule has 0 bridgehead atoms. The first-order valence-corrected chi connectivity index (χ1v) is 12.1. The van der Waals surface area contributed by atoms with Crippen molar-refractivity contribution in [3.05, 3.63) is 29.8 Å². The third-order valence-electron chi connectivity index (χ3n) is 5.63. The van der Waals surface area contributed by atoms with Gasteiger partial charge in [-0.1, -0.05) is 12.1 Å². The van der Waals surface area contributed by atoms with E-state index < -0.39 is 66.4 Å². The van der Waals surface area contributed by atoms with Crippen molar-refractivity contribution in [2.75, 3.05) is 6.54 Å². The summed E-state index contributed by atoms with van der Waals surface area (Å²) in [6.45, 7) is 1.57. The molecular formula is C24H37N5O9. The number of carboxylic acid groups (broad SMARTS) is 2. The molecule has 11 N–H and O–H groups in total. The molecule has 3 amide bonds. The van der Waals surface area contributed by atoms with Crippen LogP contribution in [-0.4, -0.2) is 86.9 Å². The lowest BCUT2D eigenvalue weighted by Crippen LogP contribution is -2.60. The van der Waals surface area contributed by atoms with Gasteiger partial charge in [-0.25, -0.2) is 4.79 Å². The zero-order chi connectivity index (χ0) is 28.8. The second-order valence-electron chi connectivity index (χ2n) is 8.88. The molecule has 0 saturated heterocycles. The van der Waals surface area contributed by atoms with Crippen LogP contribution in [0.15, 0.2) is 24.3 Å². The number of aliphatic hydroxyl groups is 1. The number of aliphatic hydroxyl groups excluding tert-OH is 1. The number of benzene rings is 1. The Balaban J connectivity index is 2.93. The third-order valence-corrected chi connectivity index (χ3v) is 5.63. The molecule has 1 aromatic carbocycles. The number of nitrogens with two attached hydrogens (primary N) is 2. The fourth-order valence-corrected chi connectivity index (χ4v) is 3.46. The van der Waals surface area contributed by atoms with Crippen molar-refractivity contribution in [2.24, 2.45) is 11.5 Å². The maximum absolute atomic E-state index is 13.0. The highest BCUT2D eigenvalue weighted by molar-refractivity contribution is 5.94. The molecule has 1 rings (SSSR count). The number of hydrogen-bond acceptors (Lipinski definition) is 9. The van der Waals surface area contributed by atoms with Crippen LogP contribution in [0.5, 0.6) is 5.75 Å². The summed E-state index contributed by atoms with van der Waals surface area (Å²) in [6.07, 6.45) is -1.20. The number of aliphatic carboxylic acids is 2. The lowest BCUT2D eigenvalue weighted by Gasteiger charge is -2.26. The van der Waals surface area contributed by atoms with Crippen molar-refractivity contribution in [3.63, 3.8) is 0 Å². The Kier molecular flexibility index (Phi) is 13.7. The van der Waals surface area contributed by atoms with Crippen LogP contribution in [0.1, 0.15) is 44.6 Å². The molecule has 5 unspecified atom stereocenters. The number of carboxylic acids is 2. The molecule has 0 aliphatic heterocycles. The summed E-state index contributed by atoms with van der Waals surface area (Å²) in [4.78, 5) is 60.7. The standard InChI is InChI=1S/C24H37N5O9/c1-13(30)20(29-21(34)16(26)12-14-5-7-15(31)8-6-14)23(36)27-17(4-2-3-11-25)22(35)28-18(24(37)38)9-10-19(32)33/h5-8,13,16-18,20,30-31H,2-4,9-12,25-26H2,1H3,(H,27,36)(H,28,35)(H,29,34)(H,32,33)(H,37,38). The van der Waals surface area contributed by atoms with Gasteiger partial charge in [0.05, 0.1) is 12.1 Å². The van der Waals surface area contributed by atoms with E-state index in [1.165, 1.54) is 19.1 Å². The van der Waals surface area contributed by atoms with Crippen molar-refractivity contribution in [1.29, 1.82) is 0 Å². The third kappa shape index (κ3) is 11.5. The lowest BCUT2D eigenvalue weighted by molar-refractivity contribution is -0.143. The Morgan fingerprint density at radius 1 is 0.868 bits per heavy atom. The quantitative estimate of drug-likeness (QED) is 0.0995. The molecule has 5 atom stereocenters. The minimum absolute atomic E-state index is 0.0410. The fourth-order valence-electron chi connectivity index (χ4n) is 3.46. The van der Waals surface area contributed by atoms with Crippen LogP contribution >= 0.6 is 0 Å². The van der Waals surface area contributed by atoms with E-state index in [0.717, 1.165) is 0 Å². The van der Waals surface area contributed by atoms with Gasteiger partial charge in [0.2, 0.25) is 17.7 Å². The number of unbranched alkanes of at least 4 members (excludes halogenated alkanes) is 1. The first-order valence-electron chi connectivity index (χ1n) is 12.1. The predicted octanol–water partition coefficient (Wildman–Crippen LogP) is -1.82. The summed E-state index contributed by atoms with van der Waals surface area (Å²) in [7, 11) is 0. The van der Waals surface area contributed by atoms with Crippen molar-refractivity contribution in [1.82, 2.24) is 16.0 Å². The van der Waals surface area contributed by atoms with Crippen LogP contribution in [0.2, 0.25) is 0 Å².